The van der Waals surface area contributed by atoms with Gasteiger partial charge in [0.15, 0.2) is 5.92 Å². The predicted molar refractivity (Wildman–Crippen MR) is 61.7 cm³/mol. The molecule has 1 rings (SSSR count). The molecule has 0 spiro atoms. The van der Waals surface area contributed by atoms with Gasteiger partial charge in [-0.3, -0.25) is 0 Å². The average molecular weight is 228 g/mol. The van der Waals surface area contributed by atoms with Crippen molar-refractivity contribution in [2.45, 2.75) is 6.92 Å². The molecule has 0 saturated heterocycles. The summed E-state index contributed by atoms with van der Waals surface area (Å²) < 4.78 is 5.28. The minimum absolute atomic E-state index is 0.0974. The molecule has 0 unspecified atom stereocenters. The van der Waals surface area contributed by atoms with Crippen LogP contribution in [0.3, 0.4) is 0 Å². The first-order valence-corrected chi connectivity index (χ1v) is 5.19. The van der Waals surface area contributed by atoms with Crippen LogP contribution >= 0.6 is 0 Å². The Morgan fingerprint density at radius 3 is 2.41 bits per heavy atom. The molecule has 0 saturated carbocycles. The number of azo groups is 1. The molecule has 17 heavy (non-hydrogen) atoms. The molecule has 0 aliphatic carbocycles. The van der Waals surface area contributed by atoms with Crippen molar-refractivity contribution >= 4 is 5.69 Å². The molecule has 0 aromatic heterocycles. The van der Waals surface area contributed by atoms with E-state index in [0.29, 0.717) is 12.3 Å². The van der Waals surface area contributed by atoms with E-state index in [1.165, 1.54) is 0 Å². The summed E-state index contributed by atoms with van der Waals surface area (Å²) in [5.41, 5.74) is 0.670. The van der Waals surface area contributed by atoms with Crippen LogP contribution in [0.2, 0.25) is 0 Å². The van der Waals surface area contributed by atoms with Gasteiger partial charge in [0.25, 0.3) is 0 Å². The van der Waals surface area contributed by atoms with Crippen LogP contribution in [0.1, 0.15) is 6.92 Å². The zero-order valence-corrected chi connectivity index (χ0v) is 9.50. The van der Waals surface area contributed by atoms with E-state index in [0.717, 1.165) is 5.75 Å². The van der Waals surface area contributed by atoms with Gasteiger partial charge in [0.2, 0.25) is 0 Å². The number of hydrogen-bond donors (Lipinski definition) is 0. The van der Waals surface area contributed by atoms with Gasteiger partial charge < -0.3 is 4.74 Å². The van der Waals surface area contributed by atoms with Crippen LogP contribution in [-0.2, 0) is 0 Å². The molecule has 5 nitrogen and oxygen atoms in total. The third-order valence-corrected chi connectivity index (χ3v) is 1.91. The predicted octanol–water partition coefficient (Wildman–Crippen LogP) is 2.83. The SMILES string of the molecule is CCOc1ccc(N=NCC(C#N)C#N)cc1. The molecule has 86 valence electrons. The lowest BCUT2D eigenvalue weighted by atomic mass is 10.2. The fourth-order valence-corrected chi connectivity index (χ4v) is 1.09. The van der Waals surface area contributed by atoms with Gasteiger partial charge in [0, 0.05) is 0 Å². The second kappa shape index (κ2) is 6.97. The Bertz CT molecular complexity index is 439. The maximum atomic E-state index is 8.53. The standard InChI is InChI=1S/C12H12N4O/c1-2-17-12-5-3-11(4-6-12)16-15-9-10(7-13)8-14/h3-6,10H,2,9H2,1H3. The maximum Gasteiger partial charge on any atom is 0.154 e. The summed E-state index contributed by atoms with van der Waals surface area (Å²) in [4.78, 5) is 0. The van der Waals surface area contributed by atoms with Crippen molar-refractivity contribution in [1.82, 2.24) is 0 Å². The smallest absolute Gasteiger partial charge is 0.154 e. The Balaban J connectivity index is 2.55. The van der Waals surface area contributed by atoms with E-state index in [4.69, 9.17) is 15.3 Å². The molecule has 5 heteroatoms. The highest BCUT2D eigenvalue weighted by Gasteiger charge is 2.02. The van der Waals surface area contributed by atoms with Crippen molar-refractivity contribution < 1.29 is 4.74 Å². The van der Waals surface area contributed by atoms with E-state index in [-0.39, 0.29) is 6.54 Å². The maximum absolute atomic E-state index is 8.53. The Morgan fingerprint density at radius 2 is 1.88 bits per heavy atom. The summed E-state index contributed by atoms with van der Waals surface area (Å²) in [5, 5.41) is 24.8. The van der Waals surface area contributed by atoms with Crippen molar-refractivity contribution in [3.05, 3.63) is 24.3 Å². The lowest BCUT2D eigenvalue weighted by Gasteiger charge is -2.01. The quantitative estimate of drug-likeness (QED) is 0.726. The second-order valence-electron chi connectivity index (χ2n) is 3.16. The van der Waals surface area contributed by atoms with Crippen molar-refractivity contribution in [3.8, 4) is 17.9 Å². The zero-order valence-electron chi connectivity index (χ0n) is 9.50. The highest BCUT2D eigenvalue weighted by atomic mass is 16.5. The highest BCUT2D eigenvalue weighted by molar-refractivity contribution is 5.40. The lowest BCUT2D eigenvalue weighted by molar-refractivity contribution is 0.340. The number of rotatable bonds is 5. The number of ether oxygens (including phenoxy) is 1. The Kier molecular flexibility index (Phi) is 5.19. The molecule has 0 N–H and O–H groups in total. The third-order valence-electron chi connectivity index (χ3n) is 1.91. The minimum Gasteiger partial charge on any atom is -0.494 e. The number of nitriles is 2. The van der Waals surface area contributed by atoms with Gasteiger partial charge in [-0.1, -0.05) is 0 Å². The van der Waals surface area contributed by atoms with Crippen LogP contribution in [-0.4, -0.2) is 13.2 Å². The monoisotopic (exact) mass is 228 g/mol. The number of hydrogen-bond acceptors (Lipinski definition) is 5. The topological polar surface area (TPSA) is 81.5 Å². The number of nitrogens with zero attached hydrogens (tertiary/aromatic N) is 4. The van der Waals surface area contributed by atoms with Crippen LogP contribution in [0, 0.1) is 28.6 Å². The number of benzene rings is 1. The van der Waals surface area contributed by atoms with Gasteiger partial charge in [-0.2, -0.15) is 20.8 Å². The van der Waals surface area contributed by atoms with Crippen LogP contribution in [0.4, 0.5) is 5.69 Å². The molecule has 0 aliphatic rings. The summed E-state index contributed by atoms with van der Waals surface area (Å²) in [6.45, 7) is 2.63. The van der Waals surface area contributed by atoms with Gasteiger partial charge in [-0.25, -0.2) is 0 Å². The third kappa shape index (κ3) is 4.31. The summed E-state index contributed by atoms with van der Waals surface area (Å²) in [6.07, 6.45) is 0. The van der Waals surface area contributed by atoms with E-state index >= 15 is 0 Å². The molecule has 0 aliphatic heterocycles. The van der Waals surface area contributed by atoms with Crippen molar-refractivity contribution in [3.63, 3.8) is 0 Å². The molecule has 0 radical (unpaired) electrons. The van der Waals surface area contributed by atoms with Crippen LogP contribution < -0.4 is 4.74 Å². The highest BCUT2D eigenvalue weighted by Crippen LogP contribution is 2.18. The van der Waals surface area contributed by atoms with Gasteiger partial charge in [0.1, 0.15) is 5.75 Å². The molecule has 1 aromatic carbocycles. The molecule has 0 amide bonds. The summed E-state index contributed by atoms with van der Waals surface area (Å²) in [6, 6.07) is 10.8. The van der Waals surface area contributed by atoms with Gasteiger partial charge >= 0.3 is 0 Å². The first kappa shape index (κ1) is 12.7. The molecule has 0 bridgehead atoms. The average Bonchev–Trinajstić information content (AvgIpc) is 2.37. The van der Waals surface area contributed by atoms with Gasteiger partial charge in [-0.15, -0.1) is 0 Å². The molecule has 0 fully saturated rings. The minimum atomic E-state index is -0.735. The normalized spacial score (nSPS) is 10.1. The van der Waals surface area contributed by atoms with E-state index in [1.807, 2.05) is 19.1 Å². The zero-order chi connectivity index (χ0) is 12.5. The second-order valence-corrected chi connectivity index (χ2v) is 3.16. The molecule has 0 atom stereocenters. The van der Waals surface area contributed by atoms with E-state index in [1.54, 1.807) is 24.3 Å². The Hall–Kier alpha value is -2.40. The molecule has 0 heterocycles. The Morgan fingerprint density at radius 1 is 1.24 bits per heavy atom. The van der Waals surface area contributed by atoms with Gasteiger partial charge in [-0.05, 0) is 31.2 Å². The van der Waals surface area contributed by atoms with E-state index < -0.39 is 5.92 Å². The Labute approximate surface area is 100.0 Å². The largest absolute Gasteiger partial charge is 0.494 e. The van der Waals surface area contributed by atoms with E-state index in [9.17, 15) is 0 Å². The van der Waals surface area contributed by atoms with Crippen LogP contribution in [0.25, 0.3) is 0 Å². The lowest BCUT2D eigenvalue weighted by Crippen LogP contribution is -1.95. The summed E-state index contributed by atoms with van der Waals surface area (Å²) >= 11 is 0. The molecule has 1 aromatic rings. The fraction of sp³-hybridized carbons (Fsp3) is 0.333. The van der Waals surface area contributed by atoms with Crippen molar-refractivity contribution in [2.75, 3.05) is 13.2 Å². The molecular weight excluding hydrogens is 216 g/mol. The first-order chi connectivity index (χ1) is 8.30. The van der Waals surface area contributed by atoms with Crippen LogP contribution in [0.5, 0.6) is 5.75 Å². The first-order valence-electron chi connectivity index (χ1n) is 5.19. The fourth-order valence-electron chi connectivity index (χ4n) is 1.09. The van der Waals surface area contributed by atoms with Crippen molar-refractivity contribution in [2.24, 2.45) is 16.1 Å². The van der Waals surface area contributed by atoms with Crippen LogP contribution in [0.15, 0.2) is 34.5 Å². The van der Waals surface area contributed by atoms with E-state index in [2.05, 4.69) is 10.2 Å². The molecular formula is C12H12N4O. The summed E-state index contributed by atoms with van der Waals surface area (Å²) in [5.74, 6) is 0.0415. The van der Waals surface area contributed by atoms with Gasteiger partial charge in [0.05, 0.1) is 31.0 Å². The van der Waals surface area contributed by atoms with Crippen molar-refractivity contribution in [1.29, 1.82) is 10.5 Å². The summed E-state index contributed by atoms with van der Waals surface area (Å²) in [7, 11) is 0.